The van der Waals surface area contributed by atoms with Crippen LogP contribution in [0.15, 0.2) is 36.5 Å². The summed E-state index contributed by atoms with van der Waals surface area (Å²) >= 11 is 0. The number of nitrogens with two attached hydrogens (primary N) is 1. The number of nitrogens with zero attached hydrogens (tertiary/aromatic N) is 7. The van der Waals surface area contributed by atoms with Crippen molar-refractivity contribution >= 4 is 27.8 Å². The van der Waals surface area contributed by atoms with E-state index in [9.17, 15) is 9.65 Å². The Morgan fingerprint density at radius 2 is 2.03 bits per heavy atom. The molecule has 1 saturated heterocycles. The fourth-order valence-corrected chi connectivity index (χ4v) is 5.34. The standard InChI is InChI=1S/C24H25FN8O/c1-14-10-31(21-6-4-16(8-26)33-24(21)18(25)9-28-33)12-22-17-5-3-15(7-20(17)29-32(14)22)30-11-19(27)23(13-30)34-2/h3-7,9,14,19,23H,10-13,27H2,1-2H3/t14-,19-,23-/m1/s1. The summed E-state index contributed by atoms with van der Waals surface area (Å²) in [6, 6.07) is 12.0. The van der Waals surface area contributed by atoms with E-state index in [1.807, 2.05) is 0 Å². The quantitative estimate of drug-likeness (QED) is 0.501. The molecule has 2 aliphatic rings. The molecule has 5 heterocycles. The summed E-state index contributed by atoms with van der Waals surface area (Å²) in [7, 11) is 1.70. The van der Waals surface area contributed by atoms with Crippen molar-refractivity contribution in [2.24, 2.45) is 5.73 Å². The van der Waals surface area contributed by atoms with Gasteiger partial charge in [0.2, 0.25) is 0 Å². The van der Waals surface area contributed by atoms with E-state index in [-0.39, 0.29) is 18.2 Å². The lowest BCUT2D eigenvalue weighted by Gasteiger charge is -2.34. The smallest absolute Gasteiger partial charge is 0.171 e. The number of benzene rings is 1. The van der Waals surface area contributed by atoms with E-state index in [4.69, 9.17) is 15.6 Å². The minimum atomic E-state index is -0.438. The van der Waals surface area contributed by atoms with Crippen LogP contribution in [0.2, 0.25) is 0 Å². The Hall–Kier alpha value is -3.68. The van der Waals surface area contributed by atoms with Crippen LogP contribution in [0, 0.1) is 17.1 Å². The van der Waals surface area contributed by atoms with Gasteiger partial charge in [0.05, 0.1) is 47.8 Å². The molecule has 1 aromatic carbocycles. The van der Waals surface area contributed by atoms with Crippen LogP contribution in [0.5, 0.6) is 0 Å². The number of hydrogen-bond donors (Lipinski definition) is 1. The summed E-state index contributed by atoms with van der Waals surface area (Å²) < 4.78 is 23.6. The van der Waals surface area contributed by atoms with Gasteiger partial charge in [-0.2, -0.15) is 15.5 Å². The van der Waals surface area contributed by atoms with E-state index in [2.05, 4.69) is 50.8 Å². The highest BCUT2D eigenvalue weighted by atomic mass is 19.1. The summed E-state index contributed by atoms with van der Waals surface area (Å²) in [6.07, 6.45) is 1.18. The van der Waals surface area contributed by atoms with Crippen LogP contribution >= 0.6 is 0 Å². The molecule has 0 saturated carbocycles. The number of halogens is 1. The molecule has 9 nitrogen and oxygen atoms in total. The van der Waals surface area contributed by atoms with Crippen molar-refractivity contribution in [1.29, 1.82) is 5.26 Å². The fraction of sp³-hybridized carbons (Fsp3) is 0.375. The lowest BCUT2D eigenvalue weighted by molar-refractivity contribution is 0.108. The predicted molar refractivity (Wildman–Crippen MR) is 126 cm³/mol. The first kappa shape index (κ1) is 20.9. The number of nitriles is 1. The molecule has 0 aliphatic carbocycles. The minimum absolute atomic E-state index is 0.0160. The van der Waals surface area contributed by atoms with Crippen molar-refractivity contribution in [3.63, 3.8) is 0 Å². The molecular formula is C24H25FN8O. The number of rotatable bonds is 3. The van der Waals surface area contributed by atoms with E-state index in [0.29, 0.717) is 24.3 Å². The van der Waals surface area contributed by atoms with Crippen molar-refractivity contribution < 1.29 is 9.13 Å². The Morgan fingerprint density at radius 3 is 2.79 bits per heavy atom. The zero-order valence-electron chi connectivity index (χ0n) is 19.0. The molecule has 1 fully saturated rings. The van der Waals surface area contributed by atoms with Gasteiger partial charge < -0.3 is 20.3 Å². The third kappa shape index (κ3) is 3.04. The molecule has 6 rings (SSSR count). The highest BCUT2D eigenvalue weighted by Crippen LogP contribution is 2.35. The Morgan fingerprint density at radius 1 is 1.18 bits per heavy atom. The molecule has 34 heavy (non-hydrogen) atoms. The zero-order valence-corrected chi connectivity index (χ0v) is 19.0. The van der Waals surface area contributed by atoms with E-state index < -0.39 is 5.82 Å². The number of pyridine rings is 1. The Labute approximate surface area is 195 Å². The molecule has 2 N–H and O–H groups in total. The molecule has 0 spiro atoms. The average Bonchev–Trinajstić information content (AvgIpc) is 3.53. The SMILES string of the molecule is CO[C@@H]1CN(c2ccc3c4n(nc3c2)[C@H](C)CN(c2ccc(C#N)n3ncc(F)c23)C4)C[C@H]1N. The van der Waals surface area contributed by atoms with Gasteiger partial charge in [0.1, 0.15) is 17.3 Å². The summed E-state index contributed by atoms with van der Waals surface area (Å²) in [5, 5.41) is 19.4. The largest absolute Gasteiger partial charge is 0.378 e. The lowest BCUT2D eigenvalue weighted by atomic mass is 10.1. The molecule has 4 aromatic rings. The Balaban J connectivity index is 1.38. The van der Waals surface area contributed by atoms with Gasteiger partial charge in [0.15, 0.2) is 5.82 Å². The van der Waals surface area contributed by atoms with Crippen LogP contribution < -0.4 is 15.5 Å². The third-order valence-corrected chi connectivity index (χ3v) is 7.05. The molecule has 0 radical (unpaired) electrons. The molecular weight excluding hydrogens is 435 g/mol. The Kier molecular flexibility index (Phi) is 4.72. The molecule has 0 unspecified atom stereocenters. The lowest BCUT2D eigenvalue weighted by Crippen LogP contribution is -2.36. The highest BCUT2D eigenvalue weighted by molar-refractivity contribution is 5.86. The van der Waals surface area contributed by atoms with Crippen molar-refractivity contribution in [2.45, 2.75) is 31.7 Å². The van der Waals surface area contributed by atoms with E-state index in [1.165, 1.54) is 4.52 Å². The average molecular weight is 461 g/mol. The number of anilines is 2. The molecule has 0 bridgehead atoms. The van der Waals surface area contributed by atoms with Crippen molar-refractivity contribution in [3.05, 3.63) is 53.7 Å². The van der Waals surface area contributed by atoms with Crippen LogP contribution in [0.25, 0.3) is 16.4 Å². The molecule has 3 aromatic heterocycles. The second-order valence-electron chi connectivity index (χ2n) is 9.13. The van der Waals surface area contributed by atoms with Crippen LogP contribution in [0.3, 0.4) is 0 Å². The first-order valence-corrected chi connectivity index (χ1v) is 11.3. The monoisotopic (exact) mass is 460 g/mol. The van der Waals surface area contributed by atoms with E-state index in [0.717, 1.165) is 47.3 Å². The number of hydrogen-bond acceptors (Lipinski definition) is 7. The van der Waals surface area contributed by atoms with Crippen LogP contribution in [-0.4, -0.2) is 58.3 Å². The number of fused-ring (bicyclic) bond motifs is 4. The zero-order chi connectivity index (χ0) is 23.6. The fourth-order valence-electron chi connectivity index (χ4n) is 5.34. The van der Waals surface area contributed by atoms with Crippen LogP contribution in [-0.2, 0) is 11.3 Å². The molecule has 2 aliphatic heterocycles. The maximum Gasteiger partial charge on any atom is 0.171 e. The molecule has 174 valence electrons. The van der Waals surface area contributed by atoms with E-state index >= 15 is 0 Å². The topological polar surface area (TPSA) is 101 Å². The molecule has 0 amide bonds. The van der Waals surface area contributed by atoms with Gasteiger partial charge in [-0.1, -0.05) is 0 Å². The molecule has 10 heteroatoms. The molecule has 3 atom stereocenters. The van der Waals surface area contributed by atoms with Gasteiger partial charge >= 0.3 is 0 Å². The minimum Gasteiger partial charge on any atom is -0.378 e. The van der Waals surface area contributed by atoms with Gasteiger partial charge in [-0.15, -0.1) is 0 Å². The third-order valence-electron chi connectivity index (χ3n) is 7.05. The summed E-state index contributed by atoms with van der Waals surface area (Å²) in [6.45, 7) is 4.85. The van der Waals surface area contributed by atoms with Gasteiger partial charge in [-0.3, -0.25) is 4.68 Å². The van der Waals surface area contributed by atoms with Crippen LogP contribution in [0.4, 0.5) is 15.8 Å². The van der Waals surface area contributed by atoms with Crippen molar-refractivity contribution in [2.75, 3.05) is 36.5 Å². The first-order chi connectivity index (χ1) is 16.5. The predicted octanol–water partition coefficient (Wildman–Crippen LogP) is 2.44. The first-order valence-electron chi connectivity index (χ1n) is 11.3. The summed E-state index contributed by atoms with van der Waals surface area (Å²) in [5.41, 5.74) is 10.6. The van der Waals surface area contributed by atoms with Gasteiger partial charge in [0.25, 0.3) is 0 Å². The normalized spacial score (nSPS) is 22.5. The highest BCUT2D eigenvalue weighted by Gasteiger charge is 2.32. The second kappa shape index (κ2) is 7.68. The second-order valence-corrected chi connectivity index (χ2v) is 9.13. The van der Waals surface area contributed by atoms with Gasteiger partial charge in [0, 0.05) is 37.8 Å². The van der Waals surface area contributed by atoms with Crippen LogP contribution in [0.1, 0.15) is 24.4 Å². The van der Waals surface area contributed by atoms with E-state index in [1.54, 1.807) is 19.2 Å². The van der Waals surface area contributed by atoms with Crippen molar-refractivity contribution in [1.82, 2.24) is 19.4 Å². The number of aromatic nitrogens is 4. The van der Waals surface area contributed by atoms with Gasteiger partial charge in [-0.25, -0.2) is 8.91 Å². The summed E-state index contributed by atoms with van der Waals surface area (Å²) in [4.78, 5) is 4.38. The maximum atomic E-state index is 14.7. The number of methoxy groups -OCH3 is 1. The van der Waals surface area contributed by atoms with Gasteiger partial charge in [-0.05, 0) is 37.3 Å². The van der Waals surface area contributed by atoms with Crippen molar-refractivity contribution in [3.8, 4) is 6.07 Å². The maximum absolute atomic E-state index is 14.7. The summed E-state index contributed by atoms with van der Waals surface area (Å²) in [5.74, 6) is -0.438. The number of ether oxygens (including phenoxy) is 1. The Bertz CT molecular complexity index is 1450.